The van der Waals surface area contributed by atoms with Crippen LogP contribution in [0.15, 0.2) is 48.6 Å². The smallest absolute Gasteiger partial charge is 0.462 e. The highest BCUT2D eigenvalue weighted by Crippen LogP contribution is 2.47. The lowest BCUT2D eigenvalue weighted by molar-refractivity contribution is -0.220. The van der Waals surface area contributed by atoms with Crippen molar-refractivity contribution in [2.24, 2.45) is 0 Å². The van der Waals surface area contributed by atoms with Gasteiger partial charge in [0.2, 0.25) is 0 Å². The third kappa shape index (κ3) is 24.4. The van der Waals surface area contributed by atoms with Crippen molar-refractivity contribution >= 4 is 19.8 Å². The third-order valence-electron chi connectivity index (χ3n) is 10.6. The predicted octanol–water partition coefficient (Wildman–Crippen LogP) is 7.38. The molecular weight excluding hydrogens is 795 g/mol. The average Bonchev–Trinajstić information content (AvgIpc) is 3.98. The Balaban J connectivity index is 1.72. The number of epoxide rings is 1. The van der Waals surface area contributed by atoms with Gasteiger partial charge in [-0.25, -0.2) is 4.57 Å². The topological polar surface area (TPSA) is 222 Å². The molecule has 15 heteroatoms. The van der Waals surface area contributed by atoms with Crippen molar-refractivity contribution in [1.29, 1.82) is 0 Å². The number of phosphoric ester groups is 1. The van der Waals surface area contributed by atoms with Crippen molar-refractivity contribution in [3.8, 4) is 0 Å². The van der Waals surface area contributed by atoms with Crippen LogP contribution >= 0.6 is 7.82 Å². The molecule has 5 unspecified atom stereocenters. The molecule has 10 atom stereocenters. The molecule has 1 saturated heterocycles. The number of aliphatic hydroxyl groups excluding tert-OH is 5. The standard InChI is InChI=1S/C45H77O14P/c1-3-5-7-8-9-10-11-12-13-14-15-16-21-24-28-32-39(47)57-35(34-56-60(53,54)59-45-43(51)41(49)40(48)42(50)44(45)52)33-55-38(46)31-27-23-20-18-17-19-22-26-30-37-36(58-37)29-25-6-4-2/h5,7,9-10,12-13,22,26,35-37,40-45,48-52H,3-4,6,8,11,14-21,23-25,27-34H2,1-2H3,(H,53,54)/b7-5-,10-9-,13-12-,26-22-/t35-,36?,37?,40?,41-,42+,43-,44-,45?/m1/s1. The molecule has 1 aliphatic carbocycles. The maximum Gasteiger partial charge on any atom is 0.472 e. The Morgan fingerprint density at radius 3 is 1.77 bits per heavy atom. The van der Waals surface area contributed by atoms with Gasteiger partial charge in [0.15, 0.2) is 6.10 Å². The van der Waals surface area contributed by atoms with Crippen LogP contribution in [0.5, 0.6) is 0 Å². The second-order valence-corrected chi connectivity index (χ2v) is 17.3. The Hall–Kier alpha value is -2.23. The van der Waals surface area contributed by atoms with Crippen molar-refractivity contribution in [3.63, 3.8) is 0 Å². The number of hydrogen-bond acceptors (Lipinski definition) is 13. The molecule has 2 fully saturated rings. The summed E-state index contributed by atoms with van der Waals surface area (Å²) in [5.41, 5.74) is 0. The largest absolute Gasteiger partial charge is 0.472 e. The highest BCUT2D eigenvalue weighted by molar-refractivity contribution is 7.47. The van der Waals surface area contributed by atoms with Gasteiger partial charge in [0.1, 0.15) is 43.2 Å². The fraction of sp³-hybridized carbons (Fsp3) is 0.778. The first-order valence-electron chi connectivity index (χ1n) is 22.6. The van der Waals surface area contributed by atoms with Crippen molar-refractivity contribution in [3.05, 3.63) is 48.6 Å². The van der Waals surface area contributed by atoms with Crippen molar-refractivity contribution < 1.29 is 67.8 Å². The molecule has 14 nitrogen and oxygen atoms in total. The van der Waals surface area contributed by atoms with Gasteiger partial charge in [-0.05, 0) is 70.6 Å². The minimum absolute atomic E-state index is 0.0697. The van der Waals surface area contributed by atoms with Crippen LogP contribution in [0.1, 0.15) is 155 Å². The van der Waals surface area contributed by atoms with Crippen LogP contribution in [0, 0.1) is 0 Å². The van der Waals surface area contributed by atoms with Gasteiger partial charge in [-0.1, -0.05) is 120 Å². The molecule has 0 spiro atoms. The lowest BCUT2D eigenvalue weighted by atomic mass is 9.85. The SMILES string of the molecule is CC/C=C\C/C=C\C/C=C\CCCCCCCC(=O)O[C@H](COC(=O)CCCCCCC/C=C\CC1OC1CCCCC)COP(=O)(O)OC1[C@H](O)[C@H](O)C(O)[C@H](O)[C@H]1O. The molecule has 1 heterocycles. The van der Waals surface area contributed by atoms with Crippen LogP contribution in [-0.4, -0.2) is 111 Å². The van der Waals surface area contributed by atoms with E-state index in [4.69, 9.17) is 23.3 Å². The molecular formula is C45H77O14P. The summed E-state index contributed by atoms with van der Waals surface area (Å²) in [4.78, 5) is 35.7. The van der Waals surface area contributed by atoms with Crippen LogP contribution in [0.2, 0.25) is 0 Å². The van der Waals surface area contributed by atoms with Crippen LogP contribution in [0.4, 0.5) is 0 Å². The predicted molar refractivity (Wildman–Crippen MR) is 230 cm³/mol. The lowest BCUT2D eigenvalue weighted by Crippen LogP contribution is -2.64. The summed E-state index contributed by atoms with van der Waals surface area (Å²) in [6.45, 7) is 3.11. The molecule has 0 bridgehead atoms. The van der Waals surface area contributed by atoms with E-state index in [-0.39, 0.29) is 12.8 Å². The summed E-state index contributed by atoms with van der Waals surface area (Å²) < 4.78 is 39.2. The minimum Gasteiger partial charge on any atom is -0.462 e. The molecule has 1 aliphatic heterocycles. The number of ether oxygens (including phenoxy) is 3. The quantitative estimate of drug-likeness (QED) is 0.0120. The van der Waals surface area contributed by atoms with E-state index in [0.717, 1.165) is 96.3 Å². The summed E-state index contributed by atoms with van der Waals surface area (Å²) in [6, 6.07) is 0. The number of carbonyl (C=O) groups is 2. The van der Waals surface area contributed by atoms with E-state index in [1.165, 1.54) is 19.3 Å². The number of allylic oxidation sites excluding steroid dienone is 7. The van der Waals surface area contributed by atoms with E-state index in [0.29, 0.717) is 25.0 Å². The third-order valence-corrected chi connectivity index (χ3v) is 11.6. The van der Waals surface area contributed by atoms with Crippen molar-refractivity contribution in [1.82, 2.24) is 0 Å². The second kappa shape index (κ2) is 32.4. The Bertz CT molecular complexity index is 1300. The summed E-state index contributed by atoms with van der Waals surface area (Å²) in [5.74, 6) is -1.14. The van der Waals surface area contributed by atoms with Gasteiger partial charge >= 0.3 is 19.8 Å². The first-order valence-corrected chi connectivity index (χ1v) is 24.1. The van der Waals surface area contributed by atoms with Gasteiger partial charge in [0, 0.05) is 12.8 Å². The normalized spacial score (nSPS) is 26.0. The summed E-state index contributed by atoms with van der Waals surface area (Å²) in [6.07, 6.45) is 24.8. The Morgan fingerprint density at radius 1 is 0.617 bits per heavy atom. The number of esters is 2. The van der Waals surface area contributed by atoms with E-state index in [9.17, 15) is 44.6 Å². The Kier molecular flexibility index (Phi) is 29.1. The van der Waals surface area contributed by atoms with Crippen LogP contribution < -0.4 is 0 Å². The van der Waals surface area contributed by atoms with Gasteiger partial charge in [0.25, 0.3) is 0 Å². The lowest BCUT2D eigenvalue weighted by Gasteiger charge is -2.41. The number of rotatable bonds is 35. The fourth-order valence-corrected chi connectivity index (χ4v) is 7.81. The van der Waals surface area contributed by atoms with Crippen molar-refractivity contribution in [2.45, 2.75) is 210 Å². The maximum atomic E-state index is 12.8. The fourth-order valence-electron chi connectivity index (χ4n) is 6.84. The van der Waals surface area contributed by atoms with Gasteiger partial charge in [-0.15, -0.1) is 0 Å². The molecule has 6 N–H and O–H groups in total. The number of unbranched alkanes of at least 4 members (excludes halogenated alkanes) is 12. The van der Waals surface area contributed by atoms with Gasteiger partial charge in [-0.2, -0.15) is 0 Å². The van der Waals surface area contributed by atoms with Crippen LogP contribution in [0.25, 0.3) is 0 Å². The molecule has 60 heavy (non-hydrogen) atoms. The zero-order chi connectivity index (χ0) is 44.0. The Labute approximate surface area is 358 Å². The number of hydrogen-bond donors (Lipinski definition) is 6. The van der Waals surface area contributed by atoms with Crippen LogP contribution in [-0.2, 0) is 37.4 Å². The highest BCUT2D eigenvalue weighted by atomic mass is 31.2. The molecule has 346 valence electrons. The molecule has 2 aliphatic rings. The number of aliphatic hydroxyl groups is 5. The van der Waals surface area contributed by atoms with E-state index in [2.05, 4.69) is 62.5 Å². The van der Waals surface area contributed by atoms with Crippen molar-refractivity contribution in [2.75, 3.05) is 13.2 Å². The molecule has 0 aromatic rings. The summed E-state index contributed by atoms with van der Waals surface area (Å²) >= 11 is 0. The van der Waals surface area contributed by atoms with Gasteiger partial charge in [0.05, 0.1) is 18.8 Å². The molecule has 0 aromatic carbocycles. The minimum atomic E-state index is -5.13. The van der Waals surface area contributed by atoms with E-state index < -0.39 is 75.7 Å². The second-order valence-electron chi connectivity index (χ2n) is 15.9. The maximum absolute atomic E-state index is 12.8. The van der Waals surface area contributed by atoms with Gasteiger partial charge in [-0.3, -0.25) is 18.6 Å². The molecule has 2 rings (SSSR count). The van der Waals surface area contributed by atoms with E-state index in [1.807, 2.05) is 0 Å². The molecule has 0 aromatic heterocycles. The van der Waals surface area contributed by atoms with E-state index in [1.54, 1.807) is 0 Å². The first kappa shape index (κ1) is 53.9. The number of carbonyl (C=O) groups excluding carboxylic acids is 2. The first-order chi connectivity index (χ1) is 28.9. The summed E-state index contributed by atoms with van der Waals surface area (Å²) in [5, 5.41) is 50.1. The molecule has 0 amide bonds. The monoisotopic (exact) mass is 873 g/mol. The Morgan fingerprint density at radius 2 is 1.15 bits per heavy atom. The van der Waals surface area contributed by atoms with Gasteiger partial charge < -0.3 is 44.6 Å². The molecule has 1 saturated carbocycles. The van der Waals surface area contributed by atoms with E-state index >= 15 is 0 Å². The average molecular weight is 873 g/mol. The zero-order valence-corrected chi connectivity index (χ0v) is 37.1. The summed E-state index contributed by atoms with van der Waals surface area (Å²) in [7, 11) is -5.13. The molecule has 0 radical (unpaired) electrons. The van der Waals surface area contributed by atoms with Crippen LogP contribution in [0.3, 0.4) is 0 Å². The zero-order valence-electron chi connectivity index (χ0n) is 36.2. The number of phosphoric acid groups is 1. The highest BCUT2D eigenvalue weighted by Gasteiger charge is 2.51.